The molecule has 3 fully saturated rings. The number of carbonyl (C=O) groups excluding carboxylic acids is 11. The molecular weight excluding hydrogens is 1830 g/mol. The first kappa shape index (κ1) is 102. The van der Waals surface area contributed by atoms with Gasteiger partial charge in [0.1, 0.15) is 91.8 Å². The molecule has 8 aromatic carbocycles. The van der Waals surface area contributed by atoms with E-state index in [4.69, 9.17) is 36.1 Å². The molecule has 0 heterocycles. The highest BCUT2D eigenvalue weighted by Crippen LogP contribution is 2.59. The van der Waals surface area contributed by atoms with Gasteiger partial charge in [0, 0.05) is 64.9 Å². The number of hydrogen-bond acceptors (Lipinski definition) is 32. The second-order valence-electron chi connectivity index (χ2n) is 38.6. The molecule has 0 aromatic heterocycles. The summed E-state index contributed by atoms with van der Waals surface area (Å²) >= 11 is 0. The zero-order valence-corrected chi connectivity index (χ0v) is 80.1. The third-order valence-corrected chi connectivity index (χ3v) is 28.8. The maximum absolute atomic E-state index is 14.2. The van der Waals surface area contributed by atoms with E-state index >= 15 is 0 Å². The molecule has 3 saturated carbocycles. The summed E-state index contributed by atoms with van der Waals surface area (Å²) in [6.07, 6.45) is 0.288. The van der Waals surface area contributed by atoms with Crippen molar-refractivity contribution in [3.8, 4) is 67.9 Å². The Bertz CT molecular complexity index is 6860. The molecule has 0 radical (unpaired) electrons. The maximum Gasteiger partial charge on any atom is 0.417 e. The van der Waals surface area contributed by atoms with E-state index in [-0.39, 0.29) is 101 Å². The molecule has 0 saturated heterocycles. The number of benzene rings is 8. The molecule has 142 heavy (non-hydrogen) atoms. The number of carbonyl (C=O) groups is 11. The van der Waals surface area contributed by atoms with Crippen LogP contribution in [0, 0.1) is 41.4 Å². The van der Waals surface area contributed by atoms with E-state index in [2.05, 4.69) is 41.9 Å². The molecule has 4 amide bonds. The SMILES string of the molecule is CC(C)NCc1ccc(-c2ccc(O)c3c2C[C@H]2C[C@H]4[C@@H](N(C)C)C(=O)C(C(N)=O)=C(O)[C@@]4(O)C(=O)C2=C3O)c2ccccc12.COC(=O)C(CC(C)C)NCc1ccc(OC)c(-c2ccc(O)c3c2C[C@H]2C[C@H]4[C@@H](N(C)C)C(=O)C(C(N)=O)=C(O)[C@@]4(O)C(=O)C2=C3O)c1.COc1ccc(OC(=O)Nc2ccc(-c3ccc(O)c4c3C[C@H]3C[C@H]5[C@@H](N(C)C)C(=O)C(C(N)=O)=C(O)[C@@]5(O)C(=O)C3=C4O)cc2)cc1. The second kappa shape index (κ2) is 39.0. The summed E-state index contributed by atoms with van der Waals surface area (Å²) in [7, 11) is 13.7. The van der Waals surface area contributed by atoms with Crippen LogP contribution in [0.3, 0.4) is 0 Å². The number of aromatic hydroxyl groups is 3. The Morgan fingerprint density at radius 2 is 0.838 bits per heavy atom. The monoisotopic (exact) mass is 1940 g/mol. The van der Waals surface area contributed by atoms with Gasteiger partial charge < -0.3 is 108 Å². The number of fused-ring (bicyclic) bond motifs is 10. The lowest BCUT2D eigenvalue weighted by Crippen LogP contribution is -2.65. The Balaban J connectivity index is 0.000000161. The predicted octanol–water partition coefficient (Wildman–Crippen LogP) is 8.85. The molecule has 13 atom stereocenters. The van der Waals surface area contributed by atoms with Crippen molar-refractivity contribution in [2.24, 2.45) is 58.6 Å². The Labute approximate surface area is 815 Å². The fourth-order valence-corrected chi connectivity index (χ4v) is 22.4. The van der Waals surface area contributed by atoms with Gasteiger partial charge in [-0.05, 0) is 244 Å². The van der Waals surface area contributed by atoms with Gasteiger partial charge in [-0.3, -0.25) is 68.0 Å². The summed E-state index contributed by atoms with van der Waals surface area (Å²) in [6.45, 7) is 9.19. The van der Waals surface area contributed by atoms with Gasteiger partial charge in [-0.1, -0.05) is 100 Å². The minimum Gasteiger partial charge on any atom is -0.508 e. The first-order valence-corrected chi connectivity index (χ1v) is 46.1. The van der Waals surface area contributed by atoms with Crippen LogP contribution >= 0.6 is 0 Å². The number of primary amides is 3. The van der Waals surface area contributed by atoms with Gasteiger partial charge in [0.15, 0.2) is 34.2 Å². The Morgan fingerprint density at radius 3 is 1.23 bits per heavy atom. The maximum atomic E-state index is 14.2. The number of esters is 1. The quantitative estimate of drug-likeness (QED) is 0.0222. The minimum absolute atomic E-state index is 0.0194. The van der Waals surface area contributed by atoms with E-state index in [1.165, 1.54) is 54.2 Å². The van der Waals surface area contributed by atoms with E-state index in [9.17, 15) is 114 Å². The average Bonchev–Trinajstić information content (AvgIpc) is 0.703. The van der Waals surface area contributed by atoms with Crippen molar-refractivity contribution in [3.63, 3.8) is 0 Å². The summed E-state index contributed by atoms with van der Waals surface area (Å²) in [5.41, 5.74) is 13.1. The zero-order valence-electron chi connectivity index (χ0n) is 80.1. The summed E-state index contributed by atoms with van der Waals surface area (Å²) < 4.78 is 21.1. The molecule has 9 aliphatic rings. The van der Waals surface area contributed by atoms with Gasteiger partial charge >= 0.3 is 12.1 Å². The summed E-state index contributed by atoms with van der Waals surface area (Å²) in [6, 6.07) is 36.5. The van der Waals surface area contributed by atoms with Crippen LogP contribution in [0.5, 0.6) is 34.5 Å². The number of likely N-dealkylation sites (N-methyl/N-ethyl adjacent to an activating group) is 3. The number of ketones is 6. The molecule has 0 bridgehead atoms. The lowest BCUT2D eigenvalue weighted by Gasteiger charge is -2.50. The molecule has 8 aromatic rings. The third kappa shape index (κ3) is 17.2. The normalized spacial score (nSPS) is 24.0. The molecule has 36 nitrogen and oxygen atoms in total. The number of nitrogens with two attached hydrogens (primary N) is 3. The number of hydrogen-bond donors (Lipinski definition) is 18. The van der Waals surface area contributed by atoms with E-state index in [1.807, 2.05) is 50.2 Å². The van der Waals surface area contributed by atoms with Crippen LogP contribution in [-0.2, 0) is 85.0 Å². The minimum atomic E-state index is -2.72. The Hall–Kier alpha value is -14.9. The smallest absolute Gasteiger partial charge is 0.417 e. The number of phenols is 3. The van der Waals surface area contributed by atoms with E-state index in [0.29, 0.717) is 87.4 Å². The number of aliphatic hydroxyl groups is 9. The first-order chi connectivity index (χ1) is 67.1. The highest BCUT2D eigenvalue weighted by molar-refractivity contribution is 6.27. The lowest BCUT2D eigenvalue weighted by atomic mass is 9.57. The van der Waals surface area contributed by atoms with Gasteiger partial charge in [-0.2, -0.15) is 0 Å². The molecule has 1 unspecified atom stereocenters. The Kier molecular flexibility index (Phi) is 27.8. The average molecular weight is 1950 g/mol. The number of nitrogens with zero attached hydrogens (tertiary/aromatic N) is 3. The number of methoxy groups -OCH3 is 3. The van der Waals surface area contributed by atoms with Crippen LogP contribution in [0.2, 0.25) is 0 Å². The van der Waals surface area contributed by atoms with Crippen LogP contribution < -0.4 is 47.4 Å². The lowest BCUT2D eigenvalue weighted by molar-refractivity contribution is -0.155. The van der Waals surface area contributed by atoms with Gasteiger partial charge in [0.25, 0.3) is 17.7 Å². The van der Waals surface area contributed by atoms with E-state index in [0.717, 1.165) is 33.0 Å². The van der Waals surface area contributed by atoms with Crippen molar-refractivity contribution < 1.29 is 133 Å². The molecule has 9 aliphatic carbocycles. The molecule has 0 spiro atoms. The fraction of sp³-hybridized carbons (Fsp3) is 0.349. The van der Waals surface area contributed by atoms with Gasteiger partial charge in [-0.15, -0.1) is 0 Å². The number of rotatable bonds is 22. The van der Waals surface area contributed by atoms with Crippen molar-refractivity contribution in [1.29, 1.82) is 0 Å². The molecular formula is C106H113N9O27. The van der Waals surface area contributed by atoms with Gasteiger partial charge in [-0.25, -0.2) is 4.79 Å². The number of aliphatic hydroxyl groups excluding tert-OH is 6. The van der Waals surface area contributed by atoms with Gasteiger partial charge in [0.05, 0.1) is 56.1 Å². The van der Waals surface area contributed by atoms with Crippen molar-refractivity contribution in [1.82, 2.24) is 25.3 Å². The highest BCUT2D eigenvalue weighted by atomic mass is 16.6. The molecule has 21 N–H and O–H groups in total. The molecule has 744 valence electrons. The summed E-state index contributed by atoms with van der Waals surface area (Å²) in [5, 5.41) is 148. The van der Waals surface area contributed by atoms with Crippen molar-refractivity contribution in [3.05, 3.63) is 235 Å². The standard InChI is InChI=1S/C36H43N3O10.C35H33N3O10.C35H37N3O7/c1-16(2)11-23(35(46)49-6)38-15-17-7-10-25(48-5)20(12-17)19-8-9-24(40)27-21(19)13-18-14-22-29(39(3)4)31(42)28(34(37)45)33(44)36(22,47)32(43)26(18)30(27)41;1-38(2)28-23-15-17-14-22-21(16-4-6-18(7-5-16)37-34(45)48-20-10-8-19(47-3)9-11-20)12-13-24(39)26(22)29(40)25(17)31(42)35(23,46)32(43)27(30(28)41)33(36)44;1-16(2)37-15-17-9-10-21(20-8-6-5-7-19(17)20)22-11-12-25(39)27-23(22)13-18-14-24-29(38(3)4)31(41)28(34(36)44)33(43)35(24,45)32(42)26(18)30(27)40/h7-10,12,16,18,22-23,29,38,40-41,44,47H,11,13-15H2,1-6H3,(H2,37,45);4-13,17,23,28,39-40,43,46H,14-15H2,1-3H3,(H2,36,44)(H,37,45);5-12,16,18,24,29,37,39-40,43,45H,13-15H2,1-4H3,(H2,36,44)/t18-,22-,23?,29+,36-;17-,23-,28+,35-;18-,24-,29+,35-/m000/s1. The topological polar surface area (TPSA) is 591 Å². The second-order valence-corrected chi connectivity index (χ2v) is 38.6. The van der Waals surface area contributed by atoms with Gasteiger partial charge in [0.2, 0.25) is 17.3 Å². The number of Topliss-reactive ketones (excluding diaryl/α,β-unsaturated/α-hetero) is 6. The van der Waals surface area contributed by atoms with E-state index < -0.39 is 186 Å². The van der Waals surface area contributed by atoms with Crippen LogP contribution in [-0.4, -0.2) is 251 Å². The van der Waals surface area contributed by atoms with Crippen molar-refractivity contribution >= 4 is 98.2 Å². The number of nitrogens with one attached hydrogen (secondary N) is 3. The van der Waals surface area contributed by atoms with Crippen LogP contribution in [0.15, 0.2) is 190 Å². The number of amides is 4. The first-order valence-electron chi connectivity index (χ1n) is 46.1. The highest BCUT2D eigenvalue weighted by Gasteiger charge is 2.68. The fourth-order valence-electron chi connectivity index (χ4n) is 22.4. The van der Waals surface area contributed by atoms with Crippen LogP contribution in [0.4, 0.5) is 10.5 Å². The number of phenolic OH excluding ortho intramolecular Hbond substituents is 3. The van der Waals surface area contributed by atoms with Crippen molar-refractivity contribution in [2.45, 2.75) is 133 Å². The third-order valence-electron chi connectivity index (χ3n) is 28.8. The predicted molar refractivity (Wildman–Crippen MR) is 520 cm³/mol. The number of ether oxygens (including phenoxy) is 4. The van der Waals surface area contributed by atoms with Crippen LogP contribution in [0.25, 0.3) is 61.4 Å². The van der Waals surface area contributed by atoms with Crippen LogP contribution in [0.1, 0.15) is 97.9 Å². The van der Waals surface area contributed by atoms with Crippen molar-refractivity contribution in [2.75, 3.05) is 68.9 Å². The molecule has 36 heteroatoms. The summed E-state index contributed by atoms with van der Waals surface area (Å²) in [5.74, 6) is -19.7. The number of anilines is 1. The Morgan fingerprint density at radius 1 is 0.444 bits per heavy atom. The zero-order chi connectivity index (χ0) is 103. The largest absolute Gasteiger partial charge is 0.508 e. The summed E-state index contributed by atoms with van der Waals surface area (Å²) in [4.78, 5) is 148. The van der Waals surface area contributed by atoms with E-state index in [1.54, 1.807) is 115 Å². The molecule has 17 rings (SSSR count). The molecule has 0 aliphatic heterocycles.